The molecule has 0 aromatic rings. The molecule has 9 heavy (non-hydrogen) atoms. The molecule has 2 nitrogen and oxygen atoms in total. The van der Waals surface area contributed by atoms with E-state index in [1.54, 1.807) is 0 Å². The van der Waals surface area contributed by atoms with Crippen molar-refractivity contribution in [2.24, 2.45) is 0 Å². The Morgan fingerprint density at radius 2 is 2.00 bits per heavy atom. The monoisotopic (exact) mass is 130 g/mol. The summed E-state index contributed by atoms with van der Waals surface area (Å²) in [4.78, 5) is 0. The standard InChI is InChI=1S/C7H18N2/c1-3-4-5-6-9-7-8-2/h8-9H,3-7H2,1-2H3. The summed E-state index contributed by atoms with van der Waals surface area (Å²) in [6, 6.07) is 0. The molecule has 2 N–H and O–H groups in total. The second-order valence-corrected chi connectivity index (χ2v) is 2.24. The topological polar surface area (TPSA) is 24.1 Å². The van der Waals surface area contributed by atoms with Crippen LogP contribution in [0.1, 0.15) is 26.2 Å². The zero-order valence-electron chi connectivity index (χ0n) is 6.54. The van der Waals surface area contributed by atoms with Crippen LogP contribution >= 0.6 is 0 Å². The molecule has 0 aromatic heterocycles. The molecule has 0 amide bonds. The molecule has 2 heteroatoms. The highest BCUT2D eigenvalue weighted by Gasteiger charge is 1.83. The fourth-order valence-corrected chi connectivity index (χ4v) is 0.713. The van der Waals surface area contributed by atoms with Crippen molar-refractivity contribution in [3.63, 3.8) is 0 Å². The zero-order chi connectivity index (χ0) is 6.95. The molecule has 0 bridgehead atoms. The van der Waals surface area contributed by atoms with E-state index in [0.717, 1.165) is 13.2 Å². The first-order valence-electron chi connectivity index (χ1n) is 3.77. The zero-order valence-corrected chi connectivity index (χ0v) is 6.54. The summed E-state index contributed by atoms with van der Waals surface area (Å²) in [7, 11) is 1.95. The van der Waals surface area contributed by atoms with Gasteiger partial charge in [0, 0.05) is 6.67 Å². The third-order valence-electron chi connectivity index (χ3n) is 1.26. The van der Waals surface area contributed by atoms with Crippen LogP contribution in [0.4, 0.5) is 0 Å². The Morgan fingerprint density at radius 3 is 2.56 bits per heavy atom. The number of unbranched alkanes of at least 4 members (excludes halogenated alkanes) is 2. The summed E-state index contributed by atoms with van der Waals surface area (Å²) in [5, 5.41) is 6.29. The van der Waals surface area contributed by atoms with Gasteiger partial charge >= 0.3 is 0 Å². The Labute approximate surface area is 58.0 Å². The molecular formula is C7H18N2. The van der Waals surface area contributed by atoms with Crippen LogP contribution in [0.2, 0.25) is 0 Å². The average Bonchev–Trinajstić information content (AvgIpc) is 1.89. The van der Waals surface area contributed by atoms with E-state index in [4.69, 9.17) is 0 Å². The van der Waals surface area contributed by atoms with Gasteiger partial charge in [-0.3, -0.25) is 0 Å². The van der Waals surface area contributed by atoms with E-state index in [1.165, 1.54) is 19.3 Å². The van der Waals surface area contributed by atoms with Crippen LogP contribution in [0.25, 0.3) is 0 Å². The maximum atomic E-state index is 3.26. The first-order chi connectivity index (χ1) is 4.41. The maximum absolute atomic E-state index is 3.26. The molecule has 0 saturated carbocycles. The van der Waals surface area contributed by atoms with Gasteiger partial charge in [-0.25, -0.2) is 0 Å². The quantitative estimate of drug-likeness (QED) is 0.413. The molecule has 0 aliphatic carbocycles. The van der Waals surface area contributed by atoms with E-state index in [-0.39, 0.29) is 0 Å². The highest BCUT2D eigenvalue weighted by Crippen LogP contribution is 1.89. The molecule has 0 aromatic carbocycles. The summed E-state index contributed by atoms with van der Waals surface area (Å²) in [6.45, 7) is 4.30. The average molecular weight is 130 g/mol. The van der Waals surface area contributed by atoms with Gasteiger partial charge in [0.1, 0.15) is 0 Å². The van der Waals surface area contributed by atoms with Gasteiger partial charge in [0.25, 0.3) is 0 Å². The third-order valence-corrected chi connectivity index (χ3v) is 1.26. The van der Waals surface area contributed by atoms with E-state index in [1.807, 2.05) is 7.05 Å². The SMILES string of the molecule is CCCCCNCNC. The first-order valence-corrected chi connectivity index (χ1v) is 3.77. The fourth-order valence-electron chi connectivity index (χ4n) is 0.713. The van der Waals surface area contributed by atoms with Crippen molar-refractivity contribution in [2.75, 3.05) is 20.3 Å². The van der Waals surface area contributed by atoms with Crippen LogP contribution in [0.15, 0.2) is 0 Å². The predicted octanol–water partition coefficient (Wildman–Crippen LogP) is 0.943. The van der Waals surface area contributed by atoms with Crippen LogP contribution < -0.4 is 10.6 Å². The van der Waals surface area contributed by atoms with E-state index in [9.17, 15) is 0 Å². The molecule has 0 spiro atoms. The van der Waals surface area contributed by atoms with Gasteiger partial charge in [-0.05, 0) is 20.0 Å². The minimum atomic E-state index is 0.934. The van der Waals surface area contributed by atoms with Crippen LogP contribution in [-0.2, 0) is 0 Å². The van der Waals surface area contributed by atoms with Crippen LogP contribution in [0.5, 0.6) is 0 Å². The van der Waals surface area contributed by atoms with Gasteiger partial charge in [-0.1, -0.05) is 19.8 Å². The predicted molar refractivity (Wildman–Crippen MR) is 41.5 cm³/mol. The Bertz CT molecular complexity index is 40.2. The summed E-state index contributed by atoms with van der Waals surface area (Å²) in [6.07, 6.45) is 3.95. The molecule has 0 aliphatic heterocycles. The van der Waals surface area contributed by atoms with Crippen molar-refractivity contribution in [1.29, 1.82) is 0 Å². The van der Waals surface area contributed by atoms with Crippen LogP contribution in [0, 0.1) is 0 Å². The van der Waals surface area contributed by atoms with E-state index >= 15 is 0 Å². The van der Waals surface area contributed by atoms with Crippen molar-refractivity contribution in [3.05, 3.63) is 0 Å². The smallest absolute Gasteiger partial charge is 0.0451 e. The molecule has 0 radical (unpaired) electrons. The number of rotatable bonds is 6. The minimum Gasteiger partial charge on any atom is -0.308 e. The lowest BCUT2D eigenvalue weighted by atomic mass is 10.2. The second-order valence-electron chi connectivity index (χ2n) is 2.24. The molecule has 56 valence electrons. The normalized spacial score (nSPS) is 10.0. The number of hydrogen-bond acceptors (Lipinski definition) is 2. The number of nitrogens with one attached hydrogen (secondary N) is 2. The fraction of sp³-hybridized carbons (Fsp3) is 1.00. The van der Waals surface area contributed by atoms with Crippen molar-refractivity contribution in [1.82, 2.24) is 10.6 Å². The molecule has 0 rings (SSSR count). The lowest BCUT2D eigenvalue weighted by molar-refractivity contribution is 0.587. The van der Waals surface area contributed by atoms with Crippen LogP contribution in [0.3, 0.4) is 0 Å². The largest absolute Gasteiger partial charge is 0.308 e. The highest BCUT2D eigenvalue weighted by molar-refractivity contribution is 4.43. The summed E-state index contributed by atoms with van der Waals surface area (Å²) < 4.78 is 0. The van der Waals surface area contributed by atoms with Gasteiger partial charge in [0.15, 0.2) is 0 Å². The van der Waals surface area contributed by atoms with Gasteiger partial charge in [-0.15, -0.1) is 0 Å². The van der Waals surface area contributed by atoms with E-state index < -0.39 is 0 Å². The van der Waals surface area contributed by atoms with Gasteiger partial charge < -0.3 is 10.6 Å². The molecule has 0 atom stereocenters. The third kappa shape index (κ3) is 7.92. The maximum Gasteiger partial charge on any atom is 0.0451 e. The lowest BCUT2D eigenvalue weighted by Gasteiger charge is -2.00. The molecule has 0 saturated heterocycles. The van der Waals surface area contributed by atoms with E-state index in [2.05, 4.69) is 17.6 Å². The second kappa shape index (κ2) is 7.92. The van der Waals surface area contributed by atoms with E-state index in [0.29, 0.717) is 0 Å². The summed E-state index contributed by atoms with van der Waals surface area (Å²) >= 11 is 0. The first kappa shape index (κ1) is 8.92. The van der Waals surface area contributed by atoms with Gasteiger partial charge in [0.05, 0.1) is 0 Å². The Hall–Kier alpha value is -0.0800. The Balaban J connectivity index is 2.60. The molecule has 0 fully saturated rings. The molecule has 0 heterocycles. The summed E-state index contributed by atoms with van der Waals surface area (Å²) in [5.74, 6) is 0. The lowest BCUT2D eigenvalue weighted by Crippen LogP contribution is -2.26. The minimum absolute atomic E-state index is 0.934. The Kier molecular flexibility index (Phi) is 7.85. The molecule has 0 unspecified atom stereocenters. The Morgan fingerprint density at radius 1 is 1.22 bits per heavy atom. The van der Waals surface area contributed by atoms with Crippen molar-refractivity contribution in [3.8, 4) is 0 Å². The van der Waals surface area contributed by atoms with Gasteiger partial charge in [0.2, 0.25) is 0 Å². The highest BCUT2D eigenvalue weighted by atomic mass is 15.0. The number of hydrogen-bond donors (Lipinski definition) is 2. The van der Waals surface area contributed by atoms with Crippen molar-refractivity contribution < 1.29 is 0 Å². The van der Waals surface area contributed by atoms with Crippen LogP contribution in [-0.4, -0.2) is 20.3 Å². The van der Waals surface area contributed by atoms with Crippen molar-refractivity contribution >= 4 is 0 Å². The molecule has 0 aliphatic rings. The van der Waals surface area contributed by atoms with Gasteiger partial charge in [-0.2, -0.15) is 0 Å². The molecular weight excluding hydrogens is 112 g/mol. The van der Waals surface area contributed by atoms with Crippen molar-refractivity contribution in [2.45, 2.75) is 26.2 Å². The summed E-state index contributed by atoms with van der Waals surface area (Å²) in [5.41, 5.74) is 0.